The number of carbonyl (C=O) groups excluding carboxylic acids is 1. The Morgan fingerprint density at radius 1 is 0.917 bits per heavy atom. The van der Waals surface area contributed by atoms with E-state index in [1.165, 1.54) is 0 Å². The molecule has 7 nitrogen and oxygen atoms in total. The van der Waals surface area contributed by atoms with Gasteiger partial charge in [0.05, 0.1) is 18.5 Å². The molecule has 1 fully saturated rings. The molecule has 36 heavy (non-hydrogen) atoms. The summed E-state index contributed by atoms with van der Waals surface area (Å²) in [7, 11) is 1.63. The van der Waals surface area contributed by atoms with Gasteiger partial charge in [-0.05, 0) is 55.8 Å². The number of nitrogens with zero attached hydrogens (tertiary/aromatic N) is 2. The summed E-state index contributed by atoms with van der Waals surface area (Å²) in [6, 6.07) is 26.6. The molecule has 0 radical (unpaired) electrons. The molecule has 1 aliphatic heterocycles. The van der Waals surface area contributed by atoms with Crippen LogP contribution in [0.2, 0.25) is 0 Å². The highest BCUT2D eigenvalue weighted by Crippen LogP contribution is 2.41. The van der Waals surface area contributed by atoms with Crippen molar-refractivity contribution in [2.45, 2.75) is 31.8 Å². The van der Waals surface area contributed by atoms with Crippen LogP contribution in [0.15, 0.2) is 89.7 Å². The first kappa shape index (κ1) is 23.6. The average molecular weight is 483 g/mol. The zero-order chi connectivity index (χ0) is 25.2. The lowest BCUT2D eigenvalue weighted by Gasteiger charge is -2.30. The molecule has 5 rings (SSSR count). The quantitative estimate of drug-likeness (QED) is 0.386. The number of rotatable bonds is 7. The van der Waals surface area contributed by atoms with E-state index in [0.717, 1.165) is 34.7 Å². The fourth-order valence-electron chi connectivity index (χ4n) is 5.41. The predicted octanol–water partition coefficient (Wildman–Crippen LogP) is 4.21. The van der Waals surface area contributed by atoms with E-state index in [1.807, 2.05) is 96.9 Å². The van der Waals surface area contributed by atoms with E-state index in [4.69, 9.17) is 4.74 Å². The van der Waals surface area contributed by atoms with Crippen LogP contribution < -0.4 is 20.7 Å². The number of nitrogens with one attached hydrogen (secondary N) is 2. The number of hydrogen-bond donors (Lipinski definition) is 2. The number of anilines is 1. The number of benzene rings is 3. The summed E-state index contributed by atoms with van der Waals surface area (Å²) in [6.45, 7) is 3.99. The highest BCUT2D eigenvalue weighted by Gasteiger charge is 2.46. The minimum absolute atomic E-state index is 0.0774. The molecule has 4 unspecified atom stereocenters. The molecule has 1 saturated heterocycles. The lowest BCUT2D eigenvalue weighted by Crippen LogP contribution is -2.41. The van der Waals surface area contributed by atoms with Crippen molar-refractivity contribution in [1.29, 1.82) is 0 Å². The van der Waals surface area contributed by atoms with Gasteiger partial charge >= 0.3 is 0 Å². The monoisotopic (exact) mass is 482 g/mol. The lowest BCUT2D eigenvalue weighted by atomic mass is 9.75. The fourth-order valence-corrected chi connectivity index (χ4v) is 5.41. The third-order valence-corrected chi connectivity index (χ3v) is 7.09. The molecule has 0 aliphatic carbocycles. The third kappa shape index (κ3) is 4.12. The zero-order valence-electron chi connectivity index (χ0n) is 20.6. The van der Waals surface area contributed by atoms with E-state index < -0.39 is 6.04 Å². The first-order valence-corrected chi connectivity index (χ1v) is 12.1. The van der Waals surface area contributed by atoms with Gasteiger partial charge in [-0.3, -0.25) is 14.9 Å². The summed E-state index contributed by atoms with van der Waals surface area (Å²) in [6.07, 6.45) is 0.985. The SMILES string of the molecule is COc1ccc(N2NC(C)C(C(c3ccccc3)c3c(C)[nH]n(-c4ccccc4)c3=O)C2C=O)cc1. The summed E-state index contributed by atoms with van der Waals surface area (Å²) >= 11 is 0. The van der Waals surface area contributed by atoms with Crippen LogP contribution in [-0.2, 0) is 4.79 Å². The van der Waals surface area contributed by atoms with Crippen LogP contribution in [0.25, 0.3) is 5.69 Å². The number of ether oxygens (including phenoxy) is 1. The minimum atomic E-state index is -0.488. The molecule has 1 aromatic heterocycles. The van der Waals surface area contributed by atoms with Crippen LogP contribution in [-0.4, -0.2) is 35.3 Å². The Kier molecular flexibility index (Phi) is 6.48. The van der Waals surface area contributed by atoms with Crippen LogP contribution in [0.5, 0.6) is 5.75 Å². The van der Waals surface area contributed by atoms with Crippen LogP contribution in [0.3, 0.4) is 0 Å². The number of H-pyrrole nitrogens is 1. The topological polar surface area (TPSA) is 79.4 Å². The second kappa shape index (κ2) is 9.87. The van der Waals surface area contributed by atoms with Crippen molar-refractivity contribution in [1.82, 2.24) is 15.2 Å². The smallest absolute Gasteiger partial charge is 0.275 e. The van der Waals surface area contributed by atoms with Gasteiger partial charge in [-0.2, -0.15) is 0 Å². The normalized spacial score (nSPS) is 20.3. The highest BCUT2D eigenvalue weighted by molar-refractivity contribution is 5.69. The van der Waals surface area contributed by atoms with Crippen molar-refractivity contribution in [2.75, 3.05) is 12.1 Å². The molecule has 0 amide bonds. The Balaban J connectivity index is 1.63. The lowest BCUT2D eigenvalue weighted by molar-refractivity contribution is -0.109. The van der Waals surface area contributed by atoms with E-state index in [-0.39, 0.29) is 23.4 Å². The molecule has 4 atom stereocenters. The van der Waals surface area contributed by atoms with Crippen LogP contribution in [0.4, 0.5) is 5.69 Å². The van der Waals surface area contributed by atoms with Crippen molar-refractivity contribution in [3.8, 4) is 11.4 Å². The van der Waals surface area contributed by atoms with E-state index in [0.29, 0.717) is 5.56 Å². The molecule has 2 heterocycles. The number of para-hydroxylation sites is 1. The molecule has 0 saturated carbocycles. The maximum Gasteiger partial charge on any atom is 0.275 e. The third-order valence-electron chi connectivity index (χ3n) is 7.09. The number of hydrogen-bond acceptors (Lipinski definition) is 5. The Labute approximate surface area is 210 Å². The summed E-state index contributed by atoms with van der Waals surface area (Å²) in [5.41, 5.74) is 7.49. The molecule has 4 aromatic rings. The number of aldehydes is 1. The van der Waals surface area contributed by atoms with Crippen molar-refractivity contribution < 1.29 is 9.53 Å². The number of hydrazine groups is 1. The molecule has 0 spiro atoms. The minimum Gasteiger partial charge on any atom is -0.497 e. The maximum atomic E-state index is 13.9. The van der Waals surface area contributed by atoms with E-state index in [9.17, 15) is 9.59 Å². The molecule has 7 heteroatoms. The largest absolute Gasteiger partial charge is 0.497 e. The van der Waals surface area contributed by atoms with Gasteiger partial charge in [-0.1, -0.05) is 48.5 Å². The molecule has 184 valence electrons. The molecular formula is C29H30N4O3. The second-order valence-electron chi connectivity index (χ2n) is 9.20. The first-order chi connectivity index (χ1) is 17.5. The van der Waals surface area contributed by atoms with Gasteiger partial charge in [0, 0.05) is 29.1 Å². The van der Waals surface area contributed by atoms with Crippen LogP contribution >= 0.6 is 0 Å². The summed E-state index contributed by atoms with van der Waals surface area (Å²) in [5.74, 6) is 0.246. The molecule has 0 bridgehead atoms. The van der Waals surface area contributed by atoms with E-state index >= 15 is 0 Å². The van der Waals surface area contributed by atoms with Gasteiger partial charge < -0.3 is 9.53 Å². The van der Waals surface area contributed by atoms with Crippen LogP contribution in [0.1, 0.15) is 29.7 Å². The first-order valence-electron chi connectivity index (χ1n) is 12.1. The van der Waals surface area contributed by atoms with Gasteiger partial charge in [0.1, 0.15) is 18.1 Å². The van der Waals surface area contributed by atoms with Gasteiger partial charge in [0.15, 0.2) is 0 Å². The number of methoxy groups -OCH3 is 1. The maximum absolute atomic E-state index is 13.9. The summed E-state index contributed by atoms with van der Waals surface area (Å²) < 4.78 is 6.89. The van der Waals surface area contributed by atoms with Gasteiger partial charge in [-0.15, -0.1) is 0 Å². The Morgan fingerprint density at radius 3 is 2.17 bits per heavy atom. The Hall–Kier alpha value is -4.10. The van der Waals surface area contributed by atoms with Crippen molar-refractivity contribution in [3.63, 3.8) is 0 Å². The molecule has 1 aliphatic rings. The zero-order valence-corrected chi connectivity index (χ0v) is 20.6. The summed E-state index contributed by atoms with van der Waals surface area (Å²) in [5, 5.41) is 5.19. The van der Waals surface area contributed by atoms with Crippen molar-refractivity contribution in [2.24, 2.45) is 5.92 Å². The summed E-state index contributed by atoms with van der Waals surface area (Å²) in [4.78, 5) is 26.5. The van der Waals surface area contributed by atoms with Crippen LogP contribution in [0, 0.1) is 12.8 Å². The molecule has 3 aromatic carbocycles. The van der Waals surface area contributed by atoms with Gasteiger partial charge in [0.2, 0.25) is 0 Å². The van der Waals surface area contributed by atoms with Gasteiger partial charge in [0.25, 0.3) is 5.56 Å². The van der Waals surface area contributed by atoms with Crippen molar-refractivity contribution >= 4 is 12.0 Å². The molecule has 2 N–H and O–H groups in total. The van der Waals surface area contributed by atoms with Crippen molar-refractivity contribution in [3.05, 3.63) is 112 Å². The number of aromatic amines is 1. The fraction of sp³-hybridized carbons (Fsp3) is 0.241. The Bertz CT molecular complexity index is 1380. The Morgan fingerprint density at radius 2 is 1.56 bits per heavy atom. The second-order valence-corrected chi connectivity index (χ2v) is 9.20. The average Bonchev–Trinajstić information content (AvgIpc) is 3.41. The number of aryl methyl sites for hydroxylation is 1. The predicted molar refractivity (Wildman–Crippen MR) is 141 cm³/mol. The number of aromatic nitrogens is 2. The highest BCUT2D eigenvalue weighted by atomic mass is 16.5. The van der Waals surface area contributed by atoms with Gasteiger partial charge in [-0.25, -0.2) is 10.1 Å². The molecular weight excluding hydrogens is 452 g/mol. The van der Waals surface area contributed by atoms with E-state index in [1.54, 1.807) is 11.8 Å². The standard InChI is InChI=1S/C29H30N4O3/c1-19-26(25(18-34)32(30-19)23-14-16-24(36-3)17-15-23)28(21-10-6-4-7-11-21)27-20(2)31-33(29(27)35)22-12-8-5-9-13-22/h4-19,25-26,28,30-31H,1-3H3. The number of carbonyl (C=O) groups is 1. The van der Waals surface area contributed by atoms with E-state index in [2.05, 4.69) is 17.4 Å².